The maximum absolute atomic E-state index is 12.3. The van der Waals surface area contributed by atoms with E-state index in [4.69, 9.17) is 4.74 Å². The Morgan fingerprint density at radius 2 is 1.87 bits per heavy atom. The van der Waals surface area contributed by atoms with Crippen LogP contribution in [0.25, 0.3) is 0 Å². The summed E-state index contributed by atoms with van der Waals surface area (Å²) >= 11 is 2.21. The van der Waals surface area contributed by atoms with Crippen molar-refractivity contribution in [1.82, 2.24) is 15.3 Å². The Morgan fingerprint density at radius 3 is 2.57 bits per heavy atom. The molecule has 1 heterocycles. The van der Waals surface area contributed by atoms with Gasteiger partial charge in [-0.1, -0.05) is 6.07 Å². The number of hydrogen-bond acceptors (Lipinski definition) is 4. The number of benzene rings is 1. The summed E-state index contributed by atoms with van der Waals surface area (Å²) < 4.78 is 6.84. The molecule has 1 saturated carbocycles. The second-order valence-electron chi connectivity index (χ2n) is 5.61. The number of rotatable bonds is 4. The van der Waals surface area contributed by atoms with Crippen LogP contribution >= 0.6 is 22.6 Å². The maximum Gasteiger partial charge on any atom is 0.316 e. The lowest BCUT2D eigenvalue weighted by molar-refractivity contribution is 0.0885. The van der Waals surface area contributed by atoms with Gasteiger partial charge in [0.05, 0.1) is 0 Å². The molecule has 1 amide bonds. The molecule has 0 aliphatic heterocycles. The first-order valence-corrected chi connectivity index (χ1v) is 8.78. The van der Waals surface area contributed by atoms with Crippen molar-refractivity contribution in [3.63, 3.8) is 0 Å². The number of carbonyl (C=O) groups is 1. The third kappa shape index (κ3) is 4.63. The average Bonchev–Trinajstić information content (AvgIpc) is 2.57. The highest BCUT2D eigenvalue weighted by Gasteiger charge is 2.24. The van der Waals surface area contributed by atoms with Crippen LogP contribution in [0.5, 0.6) is 6.01 Å². The van der Waals surface area contributed by atoms with Gasteiger partial charge in [0.1, 0.15) is 6.10 Å². The normalized spacial score (nSPS) is 20.7. The van der Waals surface area contributed by atoms with E-state index < -0.39 is 0 Å². The zero-order valence-corrected chi connectivity index (χ0v) is 14.8. The Labute approximate surface area is 149 Å². The van der Waals surface area contributed by atoms with Crippen LogP contribution < -0.4 is 10.1 Å². The van der Waals surface area contributed by atoms with E-state index in [0.29, 0.717) is 11.6 Å². The van der Waals surface area contributed by atoms with Crippen molar-refractivity contribution in [1.29, 1.82) is 0 Å². The monoisotopic (exact) mass is 423 g/mol. The van der Waals surface area contributed by atoms with Crippen molar-refractivity contribution < 1.29 is 9.53 Å². The zero-order chi connectivity index (χ0) is 16.1. The first-order valence-electron chi connectivity index (χ1n) is 7.71. The number of aromatic nitrogens is 2. The van der Waals surface area contributed by atoms with Gasteiger partial charge in [0.15, 0.2) is 0 Å². The van der Waals surface area contributed by atoms with E-state index in [1.165, 1.54) is 0 Å². The first-order chi connectivity index (χ1) is 11.2. The molecule has 0 saturated heterocycles. The van der Waals surface area contributed by atoms with Crippen LogP contribution in [0.3, 0.4) is 0 Å². The molecule has 6 heteroatoms. The molecule has 1 aliphatic carbocycles. The summed E-state index contributed by atoms with van der Waals surface area (Å²) in [4.78, 5) is 20.4. The Kier molecular flexibility index (Phi) is 5.43. The van der Waals surface area contributed by atoms with Gasteiger partial charge in [0.2, 0.25) is 0 Å². The van der Waals surface area contributed by atoms with Crippen molar-refractivity contribution in [3.8, 4) is 6.01 Å². The first kappa shape index (κ1) is 16.2. The molecule has 1 aromatic carbocycles. The number of ether oxygens (including phenoxy) is 1. The van der Waals surface area contributed by atoms with Crippen molar-refractivity contribution in [2.75, 3.05) is 0 Å². The highest BCUT2D eigenvalue weighted by molar-refractivity contribution is 14.1. The Bertz CT molecular complexity index is 658. The second kappa shape index (κ2) is 7.72. The molecule has 5 nitrogen and oxygen atoms in total. The molecular formula is C17H18IN3O2. The lowest BCUT2D eigenvalue weighted by Gasteiger charge is -2.28. The lowest BCUT2D eigenvalue weighted by atomic mass is 9.92. The van der Waals surface area contributed by atoms with Crippen molar-refractivity contribution in [2.24, 2.45) is 0 Å². The molecule has 1 fully saturated rings. The van der Waals surface area contributed by atoms with E-state index in [1.807, 2.05) is 24.3 Å². The molecular weight excluding hydrogens is 405 g/mol. The maximum atomic E-state index is 12.3. The number of halogens is 1. The van der Waals surface area contributed by atoms with Gasteiger partial charge in [-0.25, -0.2) is 9.97 Å². The largest absolute Gasteiger partial charge is 0.460 e. The van der Waals surface area contributed by atoms with E-state index >= 15 is 0 Å². The van der Waals surface area contributed by atoms with Gasteiger partial charge in [0.25, 0.3) is 5.91 Å². The average molecular weight is 423 g/mol. The predicted octanol–water partition coefficient (Wildman–Crippen LogP) is 3.20. The van der Waals surface area contributed by atoms with E-state index in [2.05, 4.69) is 37.9 Å². The number of nitrogens with zero attached hydrogens (tertiary/aromatic N) is 2. The van der Waals surface area contributed by atoms with Crippen molar-refractivity contribution >= 4 is 28.5 Å². The van der Waals surface area contributed by atoms with Gasteiger partial charge in [-0.3, -0.25) is 4.79 Å². The fraction of sp³-hybridized carbons (Fsp3) is 0.353. The summed E-state index contributed by atoms with van der Waals surface area (Å²) in [5.74, 6) is -0.000669. The van der Waals surface area contributed by atoms with E-state index in [0.717, 1.165) is 29.3 Å². The summed E-state index contributed by atoms with van der Waals surface area (Å²) in [6.45, 7) is 0. The van der Waals surface area contributed by atoms with Gasteiger partial charge < -0.3 is 10.1 Å². The SMILES string of the molecule is O=C(NC1CCC(Oc2ncccn2)CC1)c1cccc(I)c1. The Morgan fingerprint density at radius 1 is 1.13 bits per heavy atom. The Hall–Kier alpha value is -1.70. The highest BCUT2D eigenvalue weighted by Crippen LogP contribution is 2.22. The van der Waals surface area contributed by atoms with Crippen LogP contribution in [0.15, 0.2) is 42.7 Å². The third-order valence-electron chi connectivity index (χ3n) is 3.91. The summed E-state index contributed by atoms with van der Waals surface area (Å²) in [6.07, 6.45) is 7.10. The predicted molar refractivity (Wildman–Crippen MR) is 95.3 cm³/mol. The summed E-state index contributed by atoms with van der Waals surface area (Å²) in [7, 11) is 0. The molecule has 23 heavy (non-hydrogen) atoms. The quantitative estimate of drug-likeness (QED) is 0.768. The van der Waals surface area contributed by atoms with Gasteiger partial charge in [-0.15, -0.1) is 0 Å². The highest BCUT2D eigenvalue weighted by atomic mass is 127. The molecule has 0 spiro atoms. The van der Waals surface area contributed by atoms with Crippen LogP contribution in [0.4, 0.5) is 0 Å². The molecule has 1 aromatic heterocycles. The van der Waals surface area contributed by atoms with Crippen molar-refractivity contribution in [2.45, 2.75) is 37.8 Å². The van der Waals surface area contributed by atoms with Gasteiger partial charge in [0, 0.05) is 27.6 Å². The number of nitrogens with one attached hydrogen (secondary N) is 1. The van der Waals surface area contributed by atoms with Gasteiger partial charge in [-0.2, -0.15) is 0 Å². The molecule has 0 radical (unpaired) electrons. The fourth-order valence-corrected chi connectivity index (χ4v) is 3.26. The topological polar surface area (TPSA) is 64.1 Å². The van der Waals surface area contributed by atoms with Crippen LogP contribution in [0, 0.1) is 3.57 Å². The summed E-state index contributed by atoms with van der Waals surface area (Å²) in [5.41, 5.74) is 0.716. The van der Waals surface area contributed by atoms with Crippen LogP contribution in [0.2, 0.25) is 0 Å². The number of hydrogen-bond donors (Lipinski definition) is 1. The summed E-state index contributed by atoms with van der Waals surface area (Å²) in [5, 5.41) is 3.12. The molecule has 0 bridgehead atoms. The van der Waals surface area contributed by atoms with Crippen LogP contribution in [0.1, 0.15) is 36.0 Å². The summed E-state index contributed by atoms with van der Waals surface area (Å²) in [6, 6.07) is 10.0. The van der Waals surface area contributed by atoms with Crippen LogP contribution in [-0.2, 0) is 0 Å². The number of amides is 1. The fourth-order valence-electron chi connectivity index (χ4n) is 2.72. The molecule has 3 rings (SSSR count). The van der Waals surface area contributed by atoms with Crippen LogP contribution in [-0.4, -0.2) is 28.0 Å². The second-order valence-corrected chi connectivity index (χ2v) is 6.85. The van der Waals surface area contributed by atoms with E-state index in [1.54, 1.807) is 18.5 Å². The molecule has 0 atom stereocenters. The molecule has 2 aromatic rings. The zero-order valence-electron chi connectivity index (χ0n) is 12.6. The smallest absolute Gasteiger partial charge is 0.316 e. The van der Waals surface area contributed by atoms with Gasteiger partial charge >= 0.3 is 6.01 Å². The lowest BCUT2D eigenvalue weighted by Crippen LogP contribution is -2.39. The van der Waals surface area contributed by atoms with Gasteiger partial charge in [-0.05, 0) is 72.5 Å². The molecule has 0 unspecified atom stereocenters. The van der Waals surface area contributed by atoms with Crippen molar-refractivity contribution in [3.05, 3.63) is 51.9 Å². The molecule has 1 N–H and O–H groups in total. The minimum Gasteiger partial charge on any atom is -0.460 e. The Balaban J connectivity index is 1.48. The standard InChI is InChI=1S/C17H18IN3O2/c18-13-4-1-3-12(11-13)16(22)21-14-5-7-15(8-6-14)23-17-19-9-2-10-20-17/h1-4,9-11,14-15H,5-8H2,(H,21,22). The molecule has 120 valence electrons. The van der Waals surface area contributed by atoms with E-state index in [-0.39, 0.29) is 18.1 Å². The van der Waals surface area contributed by atoms with E-state index in [9.17, 15) is 4.79 Å². The third-order valence-corrected chi connectivity index (χ3v) is 4.58. The number of carbonyl (C=O) groups excluding carboxylic acids is 1. The minimum atomic E-state index is -0.000669. The minimum absolute atomic E-state index is 0.000669. The molecule has 1 aliphatic rings.